The average Bonchev–Trinajstić information content (AvgIpc) is 2.22. The Hall–Kier alpha value is -1.07. The van der Waals surface area contributed by atoms with Crippen molar-refractivity contribution < 1.29 is 4.74 Å². The van der Waals surface area contributed by atoms with Gasteiger partial charge in [0.15, 0.2) is 5.82 Å². The summed E-state index contributed by atoms with van der Waals surface area (Å²) in [5.74, 6) is 0.848. The van der Waals surface area contributed by atoms with Crippen molar-refractivity contribution in [3.63, 3.8) is 0 Å². The molecule has 1 aromatic heterocycles. The first-order chi connectivity index (χ1) is 7.15. The Labute approximate surface area is 94.0 Å². The van der Waals surface area contributed by atoms with E-state index >= 15 is 0 Å². The van der Waals surface area contributed by atoms with Gasteiger partial charge in [-0.15, -0.1) is 0 Å². The van der Waals surface area contributed by atoms with Gasteiger partial charge in [0.1, 0.15) is 17.2 Å². The highest BCUT2D eigenvalue weighted by Crippen LogP contribution is 2.23. The van der Waals surface area contributed by atoms with Gasteiger partial charge in [-0.05, 0) is 13.3 Å². The molecule has 0 aliphatic carbocycles. The minimum Gasteiger partial charge on any atom is -0.385 e. The third-order valence-electron chi connectivity index (χ3n) is 1.95. The van der Waals surface area contributed by atoms with Crippen molar-refractivity contribution >= 4 is 23.2 Å². The molecule has 0 radical (unpaired) electrons. The zero-order chi connectivity index (χ0) is 11.3. The normalized spacial score (nSPS) is 12.5. The number of hydrogen-bond donors (Lipinski definition) is 2. The number of nitrogens with two attached hydrogens (primary N) is 1. The molecule has 1 atom stereocenters. The molecule has 5 nitrogen and oxygen atoms in total. The lowest BCUT2D eigenvalue weighted by molar-refractivity contribution is 0.191. The summed E-state index contributed by atoms with van der Waals surface area (Å²) in [5.41, 5.74) is 5.55. The van der Waals surface area contributed by atoms with Gasteiger partial charge in [0.05, 0.1) is 0 Å². The van der Waals surface area contributed by atoms with Crippen molar-refractivity contribution in [2.24, 2.45) is 0 Å². The van der Waals surface area contributed by atoms with Crippen molar-refractivity contribution in [1.82, 2.24) is 9.97 Å². The summed E-state index contributed by atoms with van der Waals surface area (Å²) in [6, 6.07) is 0.219. The second-order valence-corrected chi connectivity index (χ2v) is 3.63. The van der Waals surface area contributed by atoms with E-state index in [1.54, 1.807) is 7.11 Å². The molecular weight excluding hydrogens is 216 g/mol. The molecule has 1 rings (SSSR count). The first-order valence-electron chi connectivity index (χ1n) is 4.66. The van der Waals surface area contributed by atoms with Gasteiger partial charge in [0.25, 0.3) is 0 Å². The second kappa shape index (κ2) is 5.72. The van der Waals surface area contributed by atoms with Gasteiger partial charge in [0.2, 0.25) is 0 Å². The fourth-order valence-electron chi connectivity index (χ4n) is 1.08. The second-order valence-electron chi connectivity index (χ2n) is 3.25. The molecule has 0 saturated carbocycles. The predicted octanol–water partition coefficient (Wildman–Crippen LogP) is 1.55. The molecule has 0 amide bonds. The highest BCUT2D eigenvalue weighted by Gasteiger charge is 2.09. The first-order valence-corrected chi connectivity index (χ1v) is 5.04. The zero-order valence-electron chi connectivity index (χ0n) is 8.83. The molecule has 0 aliphatic rings. The van der Waals surface area contributed by atoms with E-state index in [9.17, 15) is 0 Å². The smallest absolute Gasteiger partial charge is 0.150 e. The summed E-state index contributed by atoms with van der Waals surface area (Å²) in [4.78, 5) is 7.79. The van der Waals surface area contributed by atoms with E-state index < -0.39 is 0 Å². The minimum absolute atomic E-state index is 0.219. The molecule has 0 aliphatic heterocycles. The highest BCUT2D eigenvalue weighted by atomic mass is 35.5. The van der Waals surface area contributed by atoms with Crippen LogP contribution in [-0.2, 0) is 4.74 Å². The maximum absolute atomic E-state index is 5.93. The van der Waals surface area contributed by atoms with Crippen LogP contribution in [-0.4, -0.2) is 29.7 Å². The summed E-state index contributed by atoms with van der Waals surface area (Å²) < 4.78 is 4.97. The van der Waals surface area contributed by atoms with Gasteiger partial charge in [-0.2, -0.15) is 0 Å². The molecular formula is C9H15ClN4O. The molecule has 3 N–H and O–H groups in total. The summed E-state index contributed by atoms with van der Waals surface area (Å²) >= 11 is 5.93. The molecule has 1 unspecified atom stereocenters. The topological polar surface area (TPSA) is 73.1 Å². The fourth-order valence-corrected chi connectivity index (χ4v) is 1.24. The first kappa shape index (κ1) is 12.0. The fraction of sp³-hybridized carbons (Fsp3) is 0.556. The zero-order valence-corrected chi connectivity index (χ0v) is 9.58. The molecule has 0 aromatic carbocycles. The van der Waals surface area contributed by atoms with Crippen LogP contribution in [0.1, 0.15) is 13.3 Å². The van der Waals surface area contributed by atoms with Crippen LogP contribution in [0.4, 0.5) is 11.6 Å². The number of halogens is 1. The van der Waals surface area contributed by atoms with Crippen molar-refractivity contribution in [3.05, 3.63) is 11.3 Å². The summed E-state index contributed by atoms with van der Waals surface area (Å²) in [5, 5.41) is 3.51. The molecule has 15 heavy (non-hydrogen) atoms. The molecule has 6 heteroatoms. The van der Waals surface area contributed by atoms with E-state index in [0.717, 1.165) is 6.42 Å². The van der Waals surface area contributed by atoms with Gasteiger partial charge in [-0.25, -0.2) is 9.97 Å². The van der Waals surface area contributed by atoms with Gasteiger partial charge >= 0.3 is 0 Å². The number of nitrogens with zero attached hydrogens (tertiary/aromatic N) is 2. The maximum Gasteiger partial charge on any atom is 0.150 e. The molecule has 0 saturated heterocycles. The van der Waals surface area contributed by atoms with Crippen LogP contribution in [0.5, 0.6) is 0 Å². The maximum atomic E-state index is 5.93. The number of rotatable bonds is 5. The van der Waals surface area contributed by atoms with E-state index in [4.69, 9.17) is 22.1 Å². The summed E-state index contributed by atoms with van der Waals surface area (Å²) in [6.45, 7) is 2.71. The Balaban J connectivity index is 2.60. The average molecular weight is 231 g/mol. The van der Waals surface area contributed by atoms with Crippen LogP contribution >= 0.6 is 11.6 Å². The molecule has 0 fully saturated rings. The van der Waals surface area contributed by atoms with Crippen LogP contribution < -0.4 is 11.1 Å². The molecule has 0 bridgehead atoms. The van der Waals surface area contributed by atoms with Crippen LogP contribution in [0.2, 0.25) is 5.02 Å². The van der Waals surface area contributed by atoms with Gasteiger partial charge in [0, 0.05) is 19.8 Å². The Morgan fingerprint density at radius 3 is 3.00 bits per heavy atom. The molecule has 1 aromatic rings. The number of methoxy groups -OCH3 is 1. The van der Waals surface area contributed by atoms with Crippen LogP contribution in [0.3, 0.4) is 0 Å². The van der Waals surface area contributed by atoms with Crippen molar-refractivity contribution in [2.75, 3.05) is 24.8 Å². The summed E-state index contributed by atoms with van der Waals surface area (Å²) in [6.07, 6.45) is 2.25. The van der Waals surface area contributed by atoms with Gasteiger partial charge in [-0.1, -0.05) is 11.6 Å². The number of aromatic nitrogens is 2. The number of nitrogens with one attached hydrogen (secondary N) is 1. The lowest BCUT2D eigenvalue weighted by atomic mass is 10.2. The lowest BCUT2D eigenvalue weighted by Crippen LogP contribution is -2.18. The third kappa shape index (κ3) is 3.53. The van der Waals surface area contributed by atoms with E-state index in [1.165, 1.54) is 6.33 Å². The standard InChI is InChI=1S/C9H15ClN4O/c1-6(3-4-15-2)14-9-7(10)8(11)12-5-13-9/h5-6H,3-4H2,1-2H3,(H3,11,12,13,14). The number of anilines is 2. The highest BCUT2D eigenvalue weighted by molar-refractivity contribution is 6.35. The van der Waals surface area contributed by atoms with E-state index in [1.807, 2.05) is 6.92 Å². The Bertz CT molecular complexity index is 321. The van der Waals surface area contributed by atoms with Crippen LogP contribution in [0.15, 0.2) is 6.33 Å². The van der Waals surface area contributed by atoms with E-state index in [0.29, 0.717) is 17.4 Å². The molecule has 84 valence electrons. The Morgan fingerprint density at radius 2 is 2.33 bits per heavy atom. The van der Waals surface area contributed by atoms with Crippen molar-refractivity contribution in [2.45, 2.75) is 19.4 Å². The van der Waals surface area contributed by atoms with Gasteiger partial charge in [-0.3, -0.25) is 0 Å². The number of hydrogen-bond acceptors (Lipinski definition) is 5. The minimum atomic E-state index is 0.219. The largest absolute Gasteiger partial charge is 0.385 e. The van der Waals surface area contributed by atoms with E-state index in [-0.39, 0.29) is 11.9 Å². The van der Waals surface area contributed by atoms with Crippen molar-refractivity contribution in [3.8, 4) is 0 Å². The summed E-state index contributed by atoms with van der Waals surface area (Å²) in [7, 11) is 1.67. The molecule has 1 heterocycles. The quantitative estimate of drug-likeness (QED) is 0.803. The van der Waals surface area contributed by atoms with E-state index in [2.05, 4.69) is 15.3 Å². The van der Waals surface area contributed by atoms with Crippen LogP contribution in [0, 0.1) is 0 Å². The van der Waals surface area contributed by atoms with Crippen molar-refractivity contribution in [1.29, 1.82) is 0 Å². The monoisotopic (exact) mass is 230 g/mol. The predicted molar refractivity (Wildman–Crippen MR) is 61.0 cm³/mol. The molecule has 0 spiro atoms. The SMILES string of the molecule is COCCC(C)Nc1ncnc(N)c1Cl. The third-order valence-corrected chi connectivity index (χ3v) is 2.33. The number of nitrogen functional groups attached to an aromatic ring is 1. The lowest BCUT2D eigenvalue weighted by Gasteiger charge is -2.14. The Kier molecular flexibility index (Phi) is 4.58. The van der Waals surface area contributed by atoms with Crippen LogP contribution in [0.25, 0.3) is 0 Å². The number of ether oxygens (including phenoxy) is 1. The van der Waals surface area contributed by atoms with Gasteiger partial charge < -0.3 is 15.8 Å². The Morgan fingerprint density at radius 1 is 1.60 bits per heavy atom.